The highest BCUT2D eigenvalue weighted by atomic mass is 16.5. The number of benzene rings is 1. The summed E-state index contributed by atoms with van der Waals surface area (Å²) < 4.78 is 5.26. The van der Waals surface area contributed by atoms with E-state index in [1.807, 2.05) is 19.1 Å². The highest BCUT2D eigenvalue weighted by Gasteiger charge is 2.41. The number of β-amino-alcohol motifs (C(OH)–C–C–N with tert-alkyl or cyclic N) is 1. The molecule has 1 N–H and O–H groups in total. The summed E-state index contributed by atoms with van der Waals surface area (Å²) in [7, 11) is 0. The second kappa shape index (κ2) is 6.15. The van der Waals surface area contributed by atoms with Crippen LogP contribution < -0.4 is 4.90 Å². The van der Waals surface area contributed by atoms with Crippen molar-refractivity contribution >= 4 is 11.6 Å². The zero-order chi connectivity index (χ0) is 17.6. The number of rotatable bonds is 3. The van der Waals surface area contributed by atoms with Crippen LogP contribution in [0.4, 0.5) is 5.69 Å². The minimum absolute atomic E-state index is 0.0193. The second-order valence-electron chi connectivity index (χ2n) is 6.82. The molecule has 7 nitrogen and oxygen atoms in total. The Kier molecular flexibility index (Phi) is 3.95. The summed E-state index contributed by atoms with van der Waals surface area (Å²) in [6.07, 6.45) is 0.804. The molecule has 4 rings (SSSR count). The first-order chi connectivity index (χ1) is 12.0. The molecule has 2 aromatic rings. The van der Waals surface area contributed by atoms with Gasteiger partial charge < -0.3 is 19.4 Å². The van der Waals surface area contributed by atoms with E-state index >= 15 is 0 Å². The molecule has 0 aliphatic carbocycles. The highest BCUT2D eigenvalue weighted by molar-refractivity contribution is 5.86. The Morgan fingerprint density at radius 1 is 1.40 bits per heavy atom. The average Bonchev–Trinajstić information content (AvgIpc) is 3.31. The van der Waals surface area contributed by atoms with Crippen LogP contribution in [0.25, 0.3) is 0 Å². The molecular formula is C18H22N4O3. The van der Waals surface area contributed by atoms with Crippen LogP contribution in [0.1, 0.15) is 36.7 Å². The van der Waals surface area contributed by atoms with Crippen LogP contribution in [-0.4, -0.2) is 51.3 Å². The molecule has 1 fully saturated rings. The Bertz CT molecular complexity index is 790. The van der Waals surface area contributed by atoms with Gasteiger partial charge in [0.1, 0.15) is 12.1 Å². The zero-order valence-electron chi connectivity index (χ0n) is 14.4. The van der Waals surface area contributed by atoms with Gasteiger partial charge in [-0.15, -0.1) is 0 Å². The van der Waals surface area contributed by atoms with E-state index < -0.39 is 6.10 Å². The maximum atomic E-state index is 13.2. The molecule has 0 saturated carbocycles. The van der Waals surface area contributed by atoms with Crippen LogP contribution in [0.2, 0.25) is 0 Å². The fraction of sp³-hybridized carbons (Fsp3) is 0.500. The molecule has 3 heterocycles. The lowest BCUT2D eigenvalue weighted by Gasteiger charge is -2.31. The van der Waals surface area contributed by atoms with E-state index in [2.05, 4.69) is 27.2 Å². The fourth-order valence-electron chi connectivity index (χ4n) is 3.88. The molecule has 1 aromatic carbocycles. The Labute approximate surface area is 146 Å². The standard InChI is InChI=1S/C18H22N4O3/c1-11(21-8-7-13-5-3-4-6-15(13)21)18(24)22-10-14(23)9-16(22)17-19-12(2)20-25-17/h3-6,11,14,16,23H,7-10H2,1-2H3/t11?,14-,16-/m1/s1. The zero-order valence-corrected chi connectivity index (χ0v) is 14.4. The molecule has 1 amide bonds. The molecule has 1 aromatic heterocycles. The number of aryl methyl sites for hydroxylation is 1. The van der Waals surface area contributed by atoms with Gasteiger partial charge in [-0.3, -0.25) is 4.79 Å². The van der Waals surface area contributed by atoms with Crippen LogP contribution in [0.3, 0.4) is 0 Å². The third kappa shape index (κ3) is 2.78. The van der Waals surface area contributed by atoms with Crippen LogP contribution in [0.5, 0.6) is 0 Å². The van der Waals surface area contributed by atoms with Crippen LogP contribution in [0, 0.1) is 6.92 Å². The third-order valence-electron chi connectivity index (χ3n) is 5.14. The van der Waals surface area contributed by atoms with Gasteiger partial charge in [0.2, 0.25) is 11.8 Å². The van der Waals surface area contributed by atoms with Crippen LogP contribution in [-0.2, 0) is 11.2 Å². The summed E-state index contributed by atoms with van der Waals surface area (Å²) in [6, 6.07) is 7.53. The number of likely N-dealkylation sites (tertiary alicyclic amines) is 1. The normalized spacial score (nSPS) is 23.8. The van der Waals surface area contributed by atoms with Gasteiger partial charge in [-0.05, 0) is 31.9 Å². The van der Waals surface area contributed by atoms with Crippen molar-refractivity contribution in [2.45, 2.75) is 44.9 Å². The molecule has 2 aliphatic rings. The molecule has 2 aliphatic heterocycles. The quantitative estimate of drug-likeness (QED) is 0.909. The largest absolute Gasteiger partial charge is 0.391 e. The number of aliphatic hydroxyl groups excluding tert-OH is 1. The SMILES string of the molecule is Cc1noc([C@H]2C[C@@H](O)CN2C(=O)C(C)N2CCc3ccccc32)n1. The lowest BCUT2D eigenvalue weighted by molar-refractivity contribution is -0.134. The number of carbonyl (C=O) groups is 1. The molecule has 0 radical (unpaired) electrons. The Hall–Kier alpha value is -2.41. The predicted molar refractivity (Wildman–Crippen MR) is 91.1 cm³/mol. The number of hydrogen-bond donors (Lipinski definition) is 1. The Morgan fingerprint density at radius 3 is 2.96 bits per heavy atom. The smallest absolute Gasteiger partial charge is 0.249 e. The van der Waals surface area contributed by atoms with Crippen molar-refractivity contribution in [3.8, 4) is 0 Å². The van der Waals surface area contributed by atoms with E-state index in [9.17, 15) is 9.90 Å². The van der Waals surface area contributed by atoms with Gasteiger partial charge in [0.15, 0.2) is 5.82 Å². The van der Waals surface area contributed by atoms with Crippen LogP contribution >= 0.6 is 0 Å². The second-order valence-corrected chi connectivity index (χ2v) is 6.82. The van der Waals surface area contributed by atoms with E-state index in [-0.39, 0.29) is 18.0 Å². The van der Waals surface area contributed by atoms with Gasteiger partial charge in [-0.25, -0.2) is 0 Å². The van der Waals surface area contributed by atoms with Crippen molar-refractivity contribution in [1.29, 1.82) is 0 Å². The first-order valence-electron chi connectivity index (χ1n) is 8.68. The van der Waals surface area contributed by atoms with Crippen molar-refractivity contribution in [3.05, 3.63) is 41.5 Å². The molecule has 1 unspecified atom stereocenters. The van der Waals surface area contributed by atoms with Gasteiger partial charge in [-0.2, -0.15) is 4.98 Å². The predicted octanol–water partition coefficient (Wildman–Crippen LogP) is 1.46. The topological polar surface area (TPSA) is 82.7 Å². The van der Waals surface area contributed by atoms with E-state index in [0.29, 0.717) is 24.7 Å². The Balaban J connectivity index is 1.57. The number of fused-ring (bicyclic) bond motifs is 1. The van der Waals surface area contributed by atoms with E-state index in [1.165, 1.54) is 5.56 Å². The molecule has 3 atom stereocenters. The third-order valence-corrected chi connectivity index (χ3v) is 5.14. The maximum Gasteiger partial charge on any atom is 0.249 e. The lowest BCUT2D eigenvalue weighted by Crippen LogP contribution is -2.47. The number of anilines is 1. The summed E-state index contributed by atoms with van der Waals surface area (Å²) in [5.74, 6) is 0.913. The molecule has 0 bridgehead atoms. The van der Waals surface area contributed by atoms with Gasteiger partial charge in [0.05, 0.1) is 6.10 Å². The van der Waals surface area contributed by atoms with E-state index in [4.69, 9.17) is 4.52 Å². The van der Waals surface area contributed by atoms with E-state index in [0.717, 1.165) is 18.7 Å². The molecule has 132 valence electrons. The van der Waals surface area contributed by atoms with Crippen molar-refractivity contribution in [3.63, 3.8) is 0 Å². The number of amides is 1. The summed E-state index contributed by atoms with van der Waals surface area (Å²) in [6.45, 7) is 4.79. The number of hydrogen-bond acceptors (Lipinski definition) is 6. The summed E-state index contributed by atoms with van der Waals surface area (Å²) in [5.41, 5.74) is 2.39. The number of nitrogens with zero attached hydrogens (tertiary/aromatic N) is 4. The number of aliphatic hydroxyl groups is 1. The number of para-hydroxylation sites is 1. The molecule has 7 heteroatoms. The monoisotopic (exact) mass is 342 g/mol. The first kappa shape index (κ1) is 16.1. The van der Waals surface area contributed by atoms with E-state index in [1.54, 1.807) is 11.8 Å². The summed E-state index contributed by atoms with van der Waals surface area (Å²) >= 11 is 0. The molecule has 1 saturated heterocycles. The fourth-order valence-corrected chi connectivity index (χ4v) is 3.88. The molecular weight excluding hydrogens is 320 g/mol. The average molecular weight is 342 g/mol. The van der Waals surface area contributed by atoms with Gasteiger partial charge in [0.25, 0.3) is 0 Å². The van der Waals surface area contributed by atoms with Gasteiger partial charge >= 0.3 is 0 Å². The summed E-state index contributed by atoms with van der Waals surface area (Å²) in [5, 5.41) is 13.9. The van der Waals surface area contributed by atoms with Crippen molar-refractivity contribution < 1.29 is 14.4 Å². The van der Waals surface area contributed by atoms with Crippen LogP contribution in [0.15, 0.2) is 28.8 Å². The minimum atomic E-state index is -0.570. The van der Waals surface area contributed by atoms with Crippen molar-refractivity contribution in [2.75, 3.05) is 18.0 Å². The molecule has 0 spiro atoms. The number of aromatic nitrogens is 2. The Morgan fingerprint density at radius 2 is 2.20 bits per heavy atom. The lowest BCUT2D eigenvalue weighted by atomic mass is 10.1. The minimum Gasteiger partial charge on any atom is -0.391 e. The van der Waals surface area contributed by atoms with Crippen molar-refractivity contribution in [1.82, 2.24) is 15.0 Å². The van der Waals surface area contributed by atoms with Gasteiger partial charge in [0, 0.05) is 25.2 Å². The van der Waals surface area contributed by atoms with Crippen molar-refractivity contribution in [2.24, 2.45) is 0 Å². The maximum absolute atomic E-state index is 13.2. The van der Waals surface area contributed by atoms with Gasteiger partial charge in [-0.1, -0.05) is 23.4 Å². The highest BCUT2D eigenvalue weighted by Crippen LogP contribution is 2.34. The first-order valence-corrected chi connectivity index (χ1v) is 8.68. The summed E-state index contributed by atoms with van der Waals surface area (Å²) in [4.78, 5) is 21.2. The number of carbonyl (C=O) groups excluding carboxylic acids is 1. The molecule has 25 heavy (non-hydrogen) atoms.